The van der Waals surface area contributed by atoms with Gasteiger partial charge in [0.2, 0.25) is 0 Å². The van der Waals surface area contributed by atoms with Gasteiger partial charge in [0.15, 0.2) is 16.6 Å². The first kappa shape index (κ1) is 26.6. The Morgan fingerprint density at radius 1 is 1.10 bits per heavy atom. The lowest BCUT2D eigenvalue weighted by atomic mass is 10.1. The van der Waals surface area contributed by atoms with Crippen LogP contribution >= 0.6 is 23.2 Å². The number of aromatic nitrogens is 7. The van der Waals surface area contributed by atoms with Crippen LogP contribution in [0.2, 0.25) is 10.2 Å². The SMILES string of the molecule is CC(C)(C)OC(=O)N1CCOCC1c1c(NC(=O)Nc2cnc(-n3nccn3)c(Cl)c2)cnc2cc(Cl)nn12. The van der Waals surface area contributed by atoms with E-state index in [4.69, 9.17) is 32.7 Å². The maximum Gasteiger partial charge on any atom is 0.411 e. The lowest BCUT2D eigenvalue weighted by Crippen LogP contribution is -2.46. The summed E-state index contributed by atoms with van der Waals surface area (Å²) in [6.45, 7) is 6.09. The number of amides is 3. The Labute approximate surface area is 232 Å². The molecular formula is C23H24Cl2N10O4. The summed E-state index contributed by atoms with van der Waals surface area (Å²) in [5.41, 5.74) is 0.753. The van der Waals surface area contributed by atoms with Crippen LogP contribution < -0.4 is 10.6 Å². The van der Waals surface area contributed by atoms with Gasteiger partial charge in [0.05, 0.1) is 60.1 Å². The Hall–Kier alpha value is -4.01. The van der Waals surface area contributed by atoms with E-state index in [0.29, 0.717) is 29.5 Å². The van der Waals surface area contributed by atoms with E-state index in [0.717, 1.165) is 0 Å². The fourth-order valence-corrected chi connectivity index (χ4v) is 4.38. The number of carbonyl (C=O) groups is 2. The number of rotatable bonds is 4. The van der Waals surface area contributed by atoms with Gasteiger partial charge in [-0.15, -0.1) is 4.80 Å². The third-order valence-corrected chi connectivity index (χ3v) is 5.96. The van der Waals surface area contributed by atoms with Gasteiger partial charge in [-0.3, -0.25) is 4.90 Å². The van der Waals surface area contributed by atoms with E-state index in [1.54, 1.807) is 26.8 Å². The largest absolute Gasteiger partial charge is 0.444 e. The molecule has 1 atom stereocenters. The molecule has 16 heteroatoms. The highest BCUT2D eigenvalue weighted by atomic mass is 35.5. The van der Waals surface area contributed by atoms with Crippen molar-refractivity contribution >= 4 is 52.3 Å². The zero-order chi connectivity index (χ0) is 27.7. The summed E-state index contributed by atoms with van der Waals surface area (Å²) in [7, 11) is 0. The van der Waals surface area contributed by atoms with Crippen LogP contribution in [0.4, 0.5) is 21.0 Å². The molecule has 0 aromatic carbocycles. The summed E-state index contributed by atoms with van der Waals surface area (Å²) < 4.78 is 12.8. The van der Waals surface area contributed by atoms with Crippen LogP contribution in [0.5, 0.6) is 0 Å². The molecule has 5 rings (SSSR count). The van der Waals surface area contributed by atoms with Gasteiger partial charge in [-0.05, 0) is 26.8 Å². The van der Waals surface area contributed by atoms with Gasteiger partial charge < -0.3 is 20.1 Å². The molecule has 1 saturated heterocycles. The minimum atomic E-state index is -0.707. The van der Waals surface area contributed by atoms with Gasteiger partial charge in [-0.1, -0.05) is 23.2 Å². The molecule has 0 bridgehead atoms. The molecule has 14 nitrogen and oxygen atoms in total. The smallest absolute Gasteiger partial charge is 0.411 e. The molecule has 1 fully saturated rings. The van der Waals surface area contributed by atoms with Crippen LogP contribution in [-0.2, 0) is 9.47 Å². The number of morpholine rings is 1. The number of halogens is 2. The van der Waals surface area contributed by atoms with Gasteiger partial charge in [0.25, 0.3) is 0 Å². The lowest BCUT2D eigenvalue weighted by molar-refractivity contribution is -0.0343. The second-order valence-corrected chi connectivity index (χ2v) is 10.3. The number of nitrogens with one attached hydrogen (secondary N) is 2. The Kier molecular flexibility index (Phi) is 7.25. The van der Waals surface area contributed by atoms with Crippen LogP contribution in [0, 0.1) is 0 Å². The quantitative estimate of drug-likeness (QED) is 0.368. The third kappa shape index (κ3) is 5.87. The topological polar surface area (TPSA) is 154 Å². The van der Waals surface area contributed by atoms with Crippen molar-refractivity contribution in [1.29, 1.82) is 0 Å². The Morgan fingerprint density at radius 2 is 1.87 bits per heavy atom. The van der Waals surface area contributed by atoms with E-state index < -0.39 is 23.8 Å². The summed E-state index contributed by atoms with van der Waals surface area (Å²) in [6, 6.07) is 1.81. The zero-order valence-electron chi connectivity index (χ0n) is 21.1. The van der Waals surface area contributed by atoms with Crippen LogP contribution in [0.15, 0.2) is 36.9 Å². The number of anilines is 2. The maximum absolute atomic E-state index is 13.1. The Morgan fingerprint density at radius 3 is 2.59 bits per heavy atom. The highest BCUT2D eigenvalue weighted by Gasteiger charge is 2.36. The third-order valence-electron chi connectivity index (χ3n) is 5.50. The molecule has 0 saturated carbocycles. The Balaban J connectivity index is 1.44. The Bertz CT molecular complexity index is 1520. The predicted molar refractivity (Wildman–Crippen MR) is 141 cm³/mol. The minimum Gasteiger partial charge on any atom is -0.444 e. The summed E-state index contributed by atoms with van der Waals surface area (Å²) in [5.74, 6) is 0.305. The van der Waals surface area contributed by atoms with E-state index in [1.165, 1.54) is 45.1 Å². The molecule has 1 aliphatic heterocycles. The van der Waals surface area contributed by atoms with E-state index in [-0.39, 0.29) is 29.0 Å². The molecule has 0 radical (unpaired) electrons. The van der Waals surface area contributed by atoms with Crippen LogP contribution in [-0.4, -0.2) is 77.0 Å². The highest BCUT2D eigenvalue weighted by molar-refractivity contribution is 6.32. The number of fused-ring (bicyclic) bond motifs is 1. The number of ether oxygens (including phenoxy) is 2. The van der Waals surface area contributed by atoms with Gasteiger partial charge in [0.1, 0.15) is 11.6 Å². The number of carbonyl (C=O) groups excluding carboxylic acids is 2. The maximum atomic E-state index is 13.1. The lowest BCUT2D eigenvalue weighted by Gasteiger charge is -2.37. The summed E-state index contributed by atoms with van der Waals surface area (Å²) in [5, 5.41) is 18.2. The molecule has 0 spiro atoms. The van der Waals surface area contributed by atoms with Crippen molar-refractivity contribution in [3.8, 4) is 5.82 Å². The molecule has 1 aliphatic rings. The highest BCUT2D eigenvalue weighted by Crippen LogP contribution is 2.32. The van der Waals surface area contributed by atoms with E-state index in [1.807, 2.05) is 0 Å². The average molecular weight is 575 g/mol. The summed E-state index contributed by atoms with van der Waals surface area (Å²) in [4.78, 5) is 37.5. The number of pyridine rings is 1. The van der Waals surface area contributed by atoms with Gasteiger partial charge in [-0.25, -0.2) is 24.1 Å². The number of hydrogen-bond donors (Lipinski definition) is 2. The van der Waals surface area contributed by atoms with Crippen molar-refractivity contribution in [1.82, 2.24) is 39.5 Å². The normalized spacial score (nSPS) is 15.8. The van der Waals surface area contributed by atoms with Gasteiger partial charge >= 0.3 is 12.1 Å². The first-order valence-electron chi connectivity index (χ1n) is 11.8. The second kappa shape index (κ2) is 10.6. The monoisotopic (exact) mass is 574 g/mol. The summed E-state index contributed by atoms with van der Waals surface area (Å²) in [6.07, 6.45) is 5.34. The van der Waals surface area contributed by atoms with Crippen LogP contribution in [0.3, 0.4) is 0 Å². The molecule has 39 heavy (non-hydrogen) atoms. The first-order valence-corrected chi connectivity index (χ1v) is 12.6. The molecule has 3 amide bonds. The first-order chi connectivity index (χ1) is 18.6. The summed E-state index contributed by atoms with van der Waals surface area (Å²) >= 11 is 12.5. The average Bonchev–Trinajstić information content (AvgIpc) is 3.52. The fraction of sp³-hybridized carbons (Fsp3) is 0.348. The molecular weight excluding hydrogens is 551 g/mol. The molecule has 2 N–H and O–H groups in total. The molecule has 5 heterocycles. The zero-order valence-corrected chi connectivity index (χ0v) is 22.6. The van der Waals surface area contributed by atoms with E-state index in [2.05, 4.69) is 35.9 Å². The molecule has 4 aromatic heterocycles. The van der Waals surface area contributed by atoms with Crippen LogP contribution in [0.25, 0.3) is 11.5 Å². The second-order valence-electron chi connectivity index (χ2n) is 9.49. The van der Waals surface area contributed by atoms with Crippen molar-refractivity contribution in [2.24, 2.45) is 0 Å². The van der Waals surface area contributed by atoms with Crippen molar-refractivity contribution < 1.29 is 19.1 Å². The van der Waals surface area contributed by atoms with Crippen molar-refractivity contribution in [3.63, 3.8) is 0 Å². The number of hydrogen-bond acceptors (Lipinski definition) is 9. The van der Waals surface area contributed by atoms with Crippen LogP contribution in [0.1, 0.15) is 32.5 Å². The predicted octanol–water partition coefficient (Wildman–Crippen LogP) is 3.96. The van der Waals surface area contributed by atoms with Gasteiger partial charge in [0, 0.05) is 12.6 Å². The molecule has 1 unspecified atom stereocenters. The number of nitrogens with zero attached hydrogens (tertiary/aromatic N) is 8. The minimum absolute atomic E-state index is 0.134. The molecule has 0 aliphatic carbocycles. The van der Waals surface area contributed by atoms with Crippen molar-refractivity contribution in [2.45, 2.75) is 32.4 Å². The fourth-order valence-electron chi connectivity index (χ4n) is 3.97. The van der Waals surface area contributed by atoms with E-state index >= 15 is 0 Å². The molecule has 204 valence electrons. The van der Waals surface area contributed by atoms with E-state index in [9.17, 15) is 9.59 Å². The molecule has 4 aromatic rings. The van der Waals surface area contributed by atoms with Crippen molar-refractivity contribution in [3.05, 3.63) is 52.8 Å². The standard InChI is InChI=1S/C23H24Cl2N10O4/c1-23(2,3)39-22(37)33-6-7-38-12-16(33)19-15(11-26-18-9-17(25)32-34(18)19)31-21(36)30-13-8-14(24)20(27-10-13)35-28-4-5-29-35/h4-5,8-11,16H,6-7,12H2,1-3H3,(H2,30,31,36). The van der Waals surface area contributed by atoms with Gasteiger partial charge in [-0.2, -0.15) is 15.3 Å². The number of urea groups is 1. The van der Waals surface area contributed by atoms with Crippen molar-refractivity contribution in [2.75, 3.05) is 30.4 Å².